The van der Waals surface area contributed by atoms with E-state index in [9.17, 15) is 25.0 Å². The summed E-state index contributed by atoms with van der Waals surface area (Å²) in [4.78, 5) is 36.6. The maximum atomic E-state index is 12.9. The van der Waals surface area contributed by atoms with Gasteiger partial charge >= 0.3 is 0 Å². The number of nitrogens with one attached hydrogen (secondary N) is 2. The molecule has 8 nitrogen and oxygen atoms in total. The fraction of sp³-hybridized carbons (Fsp3) is 0.0741. The molecule has 1 unspecified atom stereocenters. The number of hydrogen-bond acceptors (Lipinski definition) is 7. The number of nitro groups is 1. The summed E-state index contributed by atoms with van der Waals surface area (Å²) in [5.74, 6) is -0.735. The second-order valence-corrected chi connectivity index (χ2v) is 10.2. The van der Waals surface area contributed by atoms with Crippen LogP contribution in [-0.2, 0) is 4.79 Å². The number of nitriles is 1. The maximum Gasteiger partial charge on any atom is 0.270 e. The average Bonchev–Trinajstić information content (AvgIpc) is 3.31. The second-order valence-electron chi connectivity index (χ2n) is 7.87. The van der Waals surface area contributed by atoms with E-state index in [1.807, 2.05) is 41.8 Å². The fourth-order valence-electron chi connectivity index (χ4n) is 3.47. The summed E-state index contributed by atoms with van der Waals surface area (Å²) < 4.78 is 0. The first kappa shape index (κ1) is 25.6. The minimum atomic E-state index is -0.557. The monoisotopic (exact) mass is 528 g/mol. The van der Waals surface area contributed by atoms with Crippen LogP contribution in [0.5, 0.6) is 0 Å². The third-order valence-electron chi connectivity index (χ3n) is 5.32. The maximum absolute atomic E-state index is 12.9. The van der Waals surface area contributed by atoms with E-state index >= 15 is 0 Å². The smallest absolute Gasteiger partial charge is 0.270 e. The number of nitrogens with zero attached hydrogens (tertiary/aromatic N) is 2. The molecule has 4 rings (SSSR count). The first-order valence-electron chi connectivity index (χ1n) is 11.1. The van der Waals surface area contributed by atoms with Gasteiger partial charge in [0.1, 0.15) is 11.1 Å². The molecule has 0 bridgehead atoms. The van der Waals surface area contributed by atoms with E-state index < -0.39 is 16.1 Å². The molecule has 2 amide bonds. The van der Waals surface area contributed by atoms with Crippen LogP contribution in [-0.4, -0.2) is 22.0 Å². The number of benzene rings is 3. The molecule has 0 saturated heterocycles. The molecule has 1 aromatic heterocycles. The van der Waals surface area contributed by atoms with Gasteiger partial charge in [0.25, 0.3) is 11.6 Å². The number of amides is 2. The van der Waals surface area contributed by atoms with Gasteiger partial charge in [-0.1, -0.05) is 42.5 Å². The Kier molecular flexibility index (Phi) is 7.98. The molecule has 2 N–H and O–H groups in total. The van der Waals surface area contributed by atoms with Crippen molar-refractivity contribution >= 4 is 51.3 Å². The van der Waals surface area contributed by atoms with Crippen LogP contribution >= 0.6 is 23.1 Å². The molecule has 0 aliphatic carbocycles. The van der Waals surface area contributed by atoms with Crippen LogP contribution in [0, 0.1) is 21.4 Å². The molecule has 0 aliphatic rings. The van der Waals surface area contributed by atoms with Gasteiger partial charge in [0, 0.05) is 39.2 Å². The van der Waals surface area contributed by atoms with E-state index in [1.165, 1.54) is 47.4 Å². The zero-order valence-electron chi connectivity index (χ0n) is 19.5. The Hall–Kier alpha value is -4.46. The van der Waals surface area contributed by atoms with Gasteiger partial charge in [-0.3, -0.25) is 19.7 Å². The second kappa shape index (κ2) is 11.5. The van der Waals surface area contributed by atoms with Crippen LogP contribution in [0.3, 0.4) is 0 Å². The van der Waals surface area contributed by atoms with Crippen molar-refractivity contribution in [2.45, 2.75) is 17.1 Å². The Labute approximate surface area is 221 Å². The number of carbonyl (C=O) groups excluding carboxylic acids is 2. The topological polar surface area (TPSA) is 125 Å². The largest absolute Gasteiger partial charge is 0.322 e. The summed E-state index contributed by atoms with van der Waals surface area (Å²) in [6.45, 7) is 1.76. The number of hydrogen-bond donors (Lipinski definition) is 2. The summed E-state index contributed by atoms with van der Waals surface area (Å²) in [7, 11) is 0. The number of anilines is 2. The minimum absolute atomic E-state index is 0.166. The third-order valence-corrected chi connectivity index (χ3v) is 7.31. The van der Waals surface area contributed by atoms with Crippen LogP contribution in [0.1, 0.15) is 22.8 Å². The highest BCUT2D eigenvalue weighted by Gasteiger charge is 2.20. The van der Waals surface area contributed by atoms with Crippen LogP contribution in [0.2, 0.25) is 0 Å². The van der Waals surface area contributed by atoms with Crippen LogP contribution in [0.15, 0.2) is 89.1 Å². The van der Waals surface area contributed by atoms with E-state index in [0.717, 1.165) is 16.0 Å². The van der Waals surface area contributed by atoms with Crippen molar-refractivity contribution < 1.29 is 14.5 Å². The zero-order chi connectivity index (χ0) is 26.4. The predicted molar refractivity (Wildman–Crippen MR) is 146 cm³/mol. The first-order valence-corrected chi connectivity index (χ1v) is 12.8. The average molecular weight is 529 g/mol. The SMILES string of the molecule is CC(Sc1cccc(NC(=O)c2cccc([N+](=O)[O-])c2)c1)C(=O)Nc1scc(-c2ccccc2)c1C#N. The molecule has 0 radical (unpaired) electrons. The predicted octanol–water partition coefficient (Wildman–Crippen LogP) is 6.57. The minimum Gasteiger partial charge on any atom is -0.322 e. The van der Waals surface area contributed by atoms with Gasteiger partial charge in [-0.2, -0.15) is 5.26 Å². The Morgan fingerprint density at radius 3 is 2.51 bits per heavy atom. The van der Waals surface area contributed by atoms with Gasteiger partial charge in [0.05, 0.1) is 15.7 Å². The van der Waals surface area contributed by atoms with E-state index in [4.69, 9.17) is 0 Å². The van der Waals surface area contributed by atoms with Gasteiger partial charge in [0.15, 0.2) is 0 Å². The lowest BCUT2D eigenvalue weighted by Gasteiger charge is -2.13. The lowest BCUT2D eigenvalue weighted by molar-refractivity contribution is -0.384. The zero-order valence-corrected chi connectivity index (χ0v) is 21.1. The first-order chi connectivity index (χ1) is 17.9. The fourth-order valence-corrected chi connectivity index (χ4v) is 5.32. The Morgan fingerprint density at radius 2 is 1.78 bits per heavy atom. The molecule has 0 aliphatic heterocycles. The number of rotatable bonds is 8. The van der Waals surface area contributed by atoms with Crippen LogP contribution in [0.4, 0.5) is 16.4 Å². The van der Waals surface area contributed by atoms with Gasteiger partial charge < -0.3 is 10.6 Å². The number of thioether (sulfide) groups is 1. The quantitative estimate of drug-likeness (QED) is 0.151. The summed E-state index contributed by atoms with van der Waals surface area (Å²) in [5.41, 5.74) is 2.59. The van der Waals surface area contributed by atoms with Gasteiger partial charge in [-0.15, -0.1) is 23.1 Å². The number of carbonyl (C=O) groups is 2. The van der Waals surface area contributed by atoms with Gasteiger partial charge in [-0.25, -0.2) is 0 Å². The van der Waals surface area contributed by atoms with Crippen molar-refractivity contribution in [2.24, 2.45) is 0 Å². The Morgan fingerprint density at radius 1 is 1.03 bits per heavy atom. The van der Waals surface area contributed by atoms with E-state index in [0.29, 0.717) is 16.3 Å². The molecular weight excluding hydrogens is 508 g/mol. The number of nitro benzene ring substituents is 1. The Bertz CT molecular complexity index is 1510. The third kappa shape index (κ3) is 6.22. The summed E-state index contributed by atoms with van der Waals surface area (Å²) in [6, 6.07) is 24.2. The van der Waals surface area contributed by atoms with Crippen molar-refractivity contribution in [1.29, 1.82) is 5.26 Å². The molecule has 4 aromatic rings. The summed E-state index contributed by atoms with van der Waals surface area (Å²) in [5, 5.41) is 28.1. The molecule has 37 heavy (non-hydrogen) atoms. The lowest BCUT2D eigenvalue weighted by atomic mass is 10.1. The molecule has 1 atom stereocenters. The van der Waals surface area contributed by atoms with E-state index in [-0.39, 0.29) is 17.2 Å². The molecule has 184 valence electrons. The van der Waals surface area contributed by atoms with Crippen molar-refractivity contribution in [3.8, 4) is 17.2 Å². The molecule has 10 heteroatoms. The summed E-state index contributed by atoms with van der Waals surface area (Å²) in [6.07, 6.45) is 0. The molecular formula is C27H20N4O4S2. The molecule has 3 aromatic carbocycles. The van der Waals surface area contributed by atoms with Crippen LogP contribution < -0.4 is 10.6 Å². The normalized spacial score (nSPS) is 11.2. The Balaban J connectivity index is 1.42. The van der Waals surface area contributed by atoms with Gasteiger partial charge in [0.2, 0.25) is 5.91 Å². The van der Waals surface area contributed by atoms with Crippen LogP contribution in [0.25, 0.3) is 11.1 Å². The van der Waals surface area contributed by atoms with Crippen molar-refractivity contribution in [1.82, 2.24) is 0 Å². The number of thiophene rings is 1. The van der Waals surface area contributed by atoms with Crippen molar-refractivity contribution in [3.05, 3.63) is 105 Å². The van der Waals surface area contributed by atoms with Crippen molar-refractivity contribution in [2.75, 3.05) is 10.6 Å². The highest BCUT2D eigenvalue weighted by Crippen LogP contribution is 2.35. The number of non-ortho nitro benzene ring substituents is 1. The lowest BCUT2D eigenvalue weighted by Crippen LogP contribution is -2.22. The standard InChI is InChI=1S/C27H20N4O4S2/c1-17(25(32)30-27-23(15-28)24(16-36-27)18-7-3-2-4-8-18)37-22-12-6-10-20(14-22)29-26(33)19-9-5-11-21(13-19)31(34)35/h2-14,16-17H,1H3,(H,29,33)(H,30,32). The summed E-state index contributed by atoms with van der Waals surface area (Å²) >= 11 is 2.60. The highest BCUT2D eigenvalue weighted by molar-refractivity contribution is 8.00. The molecule has 0 saturated carbocycles. The van der Waals surface area contributed by atoms with E-state index in [1.54, 1.807) is 25.1 Å². The molecule has 1 heterocycles. The van der Waals surface area contributed by atoms with E-state index in [2.05, 4.69) is 16.7 Å². The molecule has 0 fully saturated rings. The molecule has 0 spiro atoms. The van der Waals surface area contributed by atoms with Gasteiger partial charge in [-0.05, 0) is 36.8 Å². The van der Waals surface area contributed by atoms with Crippen molar-refractivity contribution in [3.63, 3.8) is 0 Å². The highest BCUT2D eigenvalue weighted by atomic mass is 32.2.